The standard InChI is InChI=1S/C15H19F3N2O/c16-15(17,18)11-20-8-6-13(7-9-20)14(21)19-10-12-4-2-1-3-5-12/h1-5,13H,6-11H2,(H,19,21). The highest BCUT2D eigenvalue weighted by atomic mass is 19.4. The molecule has 1 N–H and O–H groups in total. The molecule has 0 spiro atoms. The average Bonchev–Trinajstić information content (AvgIpc) is 2.45. The number of carbonyl (C=O) groups is 1. The fourth-order valence-electron chi connectivity index (χ4n) is 2.54. The third kappa shape index (κ3) is 5.38. The van der Waals surface area contributed by atoms with E-state index < -0.39 is 12.7 Å². The Hall–Kier alpha value is -1.56. The fourth-order valence-corrected chi connectivity index (χ4v) is 2.54. The second kappa shape index (κ2) is 6.93. The first kappa shape index (κ1) is 15.8. The summed E-state index contributed by atoms with van der Waals surface area (Å²) in [5, 5.41) is 2.85. The summed E-state index contributed by atoms with van der Waals surface area (Å²) in [5.41, 5.74) is 1.01. The zero-order valence-corrected chi connectivity index (χ0v) is 11.7. The second-order valence-corrected chi connectivity index (χ2v) is 5.37. The van der Waals surface area contributed by atoms with E-state index in [4.69, 9.17) is 0 Å². The summed E-state index contributed by atoms with van der Waals surface area (Å²) in [6.07, 6.45) is -3.20. The lowest BCUT2D eigenvalue weighted by molar-refractivity contribution is -0.149. The Morgan fingerprint density at radius 2 is 1.81 bits per heavy atom. The molecule has 0 aromatic heterocycles. The van der Waals surface area contributed by atoms with Gasteiger partial charge < -0.3 is 5.32 Å². The van der Waals surface area contributed by atoms with Crippen LogP contribution in [-0.2, 0) is 11.3 Å². The van der Waals surface area contributed by atoms with Crippen molar-refractivity contribution in [1.29, 1.82) is 0 Å². The maximum absolute atomic E-state index is 12.3. The Kier molecular flexibility index (Phi) is 5.22. The normalized spacial score (nSPS) is 17.7. The number of amides is 1. The highest BCUT2D eigenvalue weighted by molar-refractivity contribution is 5.78. The van der Waals surface area contributed by atoms with Gasteiger partial charge in [0.1, 0.15) is 0 Å². The van der Waals surface area contributed by atoms with E-state index in [1.54, 1.807) is 0 Å². The lowest BCUT2D eigenvalue weighted by Gasteiger charge is -2.31. The zero-order chi connectivity index (χ0) is 15.3. The van der Waals surface area contributed by atoms with Gasteiger partial charge in [0, 0.05) is 12.5 Å². The molecule has 1 aromatic carbocycles. The number of piperidine rings is 1. The molecule has 0 atom stereocenters. The highest BCUT2D eigenvalue weighted by Gasteiger charge is 2.33. The topological polar surface area (TPSA) is 32.3 Å². The molecule has 21 heavy (non-hydrogen) atoms. The quantitative estimate of drug-likeness (QED) is 0.927. The molecule has 1 aromatic rings. The molecule has 0 aliphatic carbocycles. The van der Waals surface area contributed by atoms with Gasteiger partial charge in [-0.15, -0.1) is 0 Å². The Morgan fingerprint density at radius 3 is 2.38 bits per heavy atom. The van der Waals surface area contributed by atoms with E-state index in [9.17, 15) is 18.0 Å². The van der Waals surface area contributed by atoms with Crippen molar-refractivity contribution >= 4 is 5.91 Å². The third-order valence-electron chi connectivity index (χ3n) is 3.67. The number of nitrogens with zero attached hydrogens (tertiary/aromatic N) is 1. The Bertz CT molecular complexity index is 454. The predicted octanol–water partition coefficient (Wildman–Crippen LogP) is 2.58. The fraction of sp³-hybridized carbons (Fsp3) is 0.533. The first-order valence-corrected chi connectivity index (χ1v) is 7.05. The first-order valence-electron chi connectivity index (χ1n) is 7.05. The van der Waals surface area contributed by atoms with E-state index in [2.05, 4.69) is 5.32 Å². The third-order valence-corrected chi connectivity index (χ3v) is 3.67. The van der Waals surface area contributed by atoms with E-state index in [0.717, 1.165) is 5.56 Å². The van der Waals surface area contributed by atoms with E-state index >= 15 is 0 Å². The lowest BCUT2D eigenvalue weighted by Crippen LogP contribution is -2.43. The summed E-state index contributed by atoms with van der Waals surface area (Å²) in [4.78, 5) is 13.4. The molecule has 1 amide bonds. The minimum Gasteiger partial charge on any atom is -0.352 e. The smallest absolute Gasteiger partial charge is 0.352 e. The molecule has 1 saturated heterocycles. The van der Waals surface area contributed by atoms with E-state index in [0.29, 0.717) is 32.5 Å². The van der Waals surface area contributed by atoms with Crippen LogP contribution in [0.15, 0.2) is 30.3 Å². The van der Waals surface area contributed by atoms with Crippen molar-refractivity contribution in [3.8, 4) is 0 Å². The number of hydrogen-bond donors (Lipinski definition) is 1. The van der Waals surface area contributed by atoms with Gasteiger partial charge in [-0.05, 0) is 31.5 Å². The van der Waals surface area contributed by atoms with E-state index in [1.807, 2.05) is 30.3 Å². The van der Waals surface area contributed by atoms with Gasteiger partial charge >= 0.3 is 6.18 Å². The molecule has 3 nitrogen and oxygen atoms in total. The molecule has 6 heteroatoms. The molecule has 0 radical (unpaired) electrons. The van der Waals surface area contributed by atoms with Crippen molar-refractivity contribution in [2.75, 3.05) is 19.6 Å². The average molecular weight is 300 g/mol. The predicted molar refractivity (Wildman–Crippen MR) is 73.5 cm³/mol. The largest absolute Gasteiger partial charge is 0.401 e. The van der Waals surface area contributed by atoms with Crippen LogP contribution in [0.5, 0.6) is 0 Å². The number of hydrogen-bond acceptors (Lipinski definition) is 2. The Morgan fingerprint density at radius 1 is 1.19 bits per heavy atom. The van der Waals surface area contributed by atoms with Crippen LogP contribution in [0.2, 0.25) is 0 Å². The monoisotopic (exact) mass is 300 g/mol. The number of nitrogens with one attached hydrogen (secondary N) is 1. The number of carbonyl (C=O) groups excluding carboxylic acids is 1. The van der Waals surface area contributed by atoms with Crippen molar-refractivity contribution in [1.82, 2.24) is 10.2 Å². The molecule has 2 rings (SSSR count). The van der Waals surface area contributed by atoms with Gasteiger partial charge in [0.05, 0.1) is 6.54 Å². The Labute approximate surface area is 122 Å². The first-order chi connectivity index (χ1) is 9.94. The summed E-state index contributed by atoms with van der Waals surface area (Å²) in [6.45, 7) is 0.222. The summed E-state index contributed by atoms with van der Waals surface area (Å²) in [5.74, 6) is -0.247. The van der Waals surface area contributed by atoms with Crippen LogP contribution in [0.1, 0.15) is 18.4 Å². The second-order valence-electron chi connectivity index (χ2n) is 5.37. The summed E-state index contributed by atoms with van der Waals surface area (Å²) < 4.78 is 36.9. The summed E-state index contributed by atoms with van der Waals surface area (Å²) >= 11 is 0. The number of likely N-dealkylation sites (tertiary alicyclic amines) is 1. The highest BCUT2D eigenvalue weighted by Crippen LogP contribution is 2.22. The van der Waals surface area contributed by atoms with Crippen LogP contribution < -0.4 is 5.32 Å². The van der Waals surface area contributed by atoms with Crippen LogP contribution in [-0.4, -0.2) is 36.6 Å². The van der Waals surface area contributed by atoms with Crippen molar-refractivity contribution in [2.45, 2.75) is 25.6 Å². The molecule has 1 heterocycles. The van der Waals surface area contributed by atoms with Crippen LogP contribution in [0.25, 0.3) is 0 Å². The van der Waals surface area contributed by atoms with Crippen molar-refractivity contribution in [3.63, 3.8) is 0 Å². The van der Waals surface area contributed by atoms with Crippen LogP contribution >= 0.6 is 0 Å². The molecule has 0 bridgehead atoms. The number of benzene rings is 1. The molecular formula is C15H19F3N2O. The van der Waals surface area contributed by atoms with E-state index in [-0.39, 0.29) is 11.8 Å². The van der Waals surface area contributed by atoms with Crippen molar-refractivity contribution < 1.29 is 18.0 Å². The molecular weight excluding hydrogens is 281 g/mol. The van der Waals surface area contributed by atoms with Gasteiger partial charge in [-0.25, -0.2) is 0 Å². The van der Waals surface area contributed by atoms with Crippen molar-refractivity contribution in [3.05, 3.63) is 35.9 Å². The summed E-state index contributed by atoms with van der Waals surface area (Å²) in [6, 6.07) is 9.55. The maximum atomic E-state index is 12.3. The van der Waals surface area contributed by atoms with Crippen LogP contribution in [0.4, 0.5) is 13.2 Å². The molecule has 1 aliphatic heterocycles. The van der Waals surface area contributed by atoms with Gasteiger partial charge in [0.25, 0.3) is 0 Å². The SMILES string of the molecule is O=C(NCc1ccccc1)C1CCN(CC(F)(F)F)CC1. The molecule has 0 unspecified atom stereocenters. The van der Waals surface area contributed by atoms with E-state index in [1.165, 1.54) is 4.90 Å². The van der Waals surface area contributed by atoms with Gasteiger partial charge in [0.15, 0.2) is 0 Å². The minimum atomic E-state index is -4.16. The van der Waals surface area contributed by atoms with Gasteiger partial charge in [0.2, 0.25) is 5.91 Å². The summed E-state index contributed by atoms with van der Waals surface area (Å²) in [7, 11) is 0. The number of alkyl halides is 3. The zero-order valence-electron chi connectivity index (χ0n) is 11.7. The molecule has 0 saturated carbocycles. The van der Waals surface area contributed by atoms with Crippen molar-refractivity contribution in [2.24, 2.45) is 5.92 Å². The molecule has 116 valence electrons. The Balaban J connectivity index is 1.73. The van der Waals surface area contributed by atoms with Crippen LogP contribution in [0.3, 0.4) is 0 Å². The van der Waals surface area contributed by atoms with Crippen LogP contribution in [0, 0.1) is 5.92 Å². The maximum Gasteiger partial charge on any atom is 0.401 e. The molecule has 1 fully saturated rings. The number of halogens is 3. The van der Waals surface area contributed by atoms with Gasteiger partial charge in [-0.1, -0.05) is 30.3 Å². The van der Waals surface area contributed by atoms with Gasteiger partial charge in [-0.2, -0.15) is 13.2 Å². The molecule has 1 aliphatic rings. The lowest BCUT2D eigenvalue weighted by atomic mass is 9.96. The minimum absolute atomic E-state index is 0.0643. The van der Waals surface area contributed by atoms with Gasteiger partial charge in [-0.3, -0.25) is 9.69 Å². The number of rotatable bonds is 4.